The zero-order valence-corrected chi connectivity index (χ0v) is 16.3. The van der Waals surface area contributed by atoms with Gasteiger partial charge < -0.3 is 10.1 Å². The maximum absolute atomic E-state index is 12.3. The van der Waals surface area contributed by atoms with Gasteiger partial charge in [0.15, 0.2) is 6.10 Å². The molecule has 1 atom stereocenters. The summed E-state index contributed by atoms with van der Waals surface area (Å²) in [5, 5.41) is 2.88. The Kier molecular flexibility index (Phi) is 8.67. The Morgan fingerprint density at radius 3 is 2.24 bits per heavy atom. The van der Waals surface area contributed by atoms with Crippen molar-refractivity contribution in [2.45, 2.75) is 78.4 Å². The molecule has 0 fully saturated rings. The van der Waals surface area contributed by atoms with E-state index in [4.69, 9.17) is 4.74 Å². The Bertz CT molecular complexity index is 532. The predicted octanol–water partition coefficient (Wildman–Crippen LogP) is 4.27. The van der Waals surface area contributed by atoms with Gasteiger partial charge in [-0.3, -0.25) is 9.59 Å². The SMILES string of the molecule is CC(C)C(OC(=O)CCCCCc1ccccc1)C(=O)NC(C)(C)C. The lowest BCUT2D eigenvalue weighted by molar-refractivity contribution is -0.159. The summed E-state index contributed by atoms with van der Waals surface area (Å²) in [6.07, 6.45) is 3.48. The lowest BCUT2D eigenvalue weighted by Gasteiger charge is -2.26. The van der Waals surface area contributed by atoms with Crippen LogP contribution in [0.5, 0.6) is 0 Å². The number of unbranched alkanes of at least 4 members (excludes halogenated alkanes) is 2. The monoisotopic (exact) mass is 347 g/mol. The molecule has 1 aromatic carbocycles. The summed E-state index contributed by atoms with van der Waals surface area (Å²) in [5.74, 6) is -0.563. The van der Waals surface area contributed by atoms with Crippen molar-refractivity contribution in [3.63, 3.8) is 0 Å². The summed E-state index contributed by atoms with van der Waals surface area (Å²) >= 11 is 0. The molecule has 0 heterocycles. The molecule has 140 valence electrons. The van der Waals surface area contributed by atoms with Gasteiger partial charge in [-0.1, -0.05) is 50.6 Å². The Balaban J connectivity index is 2.31. The van der Waals surface area contributed by atoms with Crippen LogP contribution in [0.1, 0.15) is 65.9 Å². The van der Waals surface area contributed by atoms with E-state index in [1.807, 2.05) is 52.8 Å². The molecule has 1 unspecified atom stereocenters. The number of rotatable bonds is 9. The fraction of sp³-hybridized carbons (Fsp3) is 0.619. The molecular formula is C21H33NO3. The second-order valence-corrected chi connectivity index (χ2v) is 7.94. The first-order chi connectivity index (χ1) is 11.7. The first-order valence-electron chi connectivity index (χ1n) is 9.24. The van der Waals surface area contributed by atoms with Crippen LogP contribution in [0.2, 0.25) is 0 Å². The van der Waals surface area contributed by atoms with E-state index in [1.54, 1.807) is 0 Å². The molecule has 0 aromatic heterocycles. The lowest BCUT2D eigenvalue weighted by Crippen LogP contribution is -2.48. The molecule has 1 amide bonds. The van der Waals surface area contributed by atoms with E-state index in [0.29, 0.717) is 6.42 Å². The second kappa shape index (κ2) is 10.2. The second-order valence-electron chi connectivity index (χ2n) is 7.94. The van der Waals surface area contributed by atoms with E-state index >= 15 is 0 Å². The maximum Gasteiger partial charge on any atom is 0.306 e. The van der Waals surface area contributed by atoms with Crippen molar-refractivity contribution in [2.24, 2.45) is 5.92 Å². The molecule has 0 spiro atoms. The lowest BCUT2D eigenvalue weighted by atomic mass is 10.0. The van der Waals surface area contributed by atoms with Crippen LogP contribution < -0.4 is 5.32 Å². The number of carbonyl (C=O) groups excluding carboxylic acids is 2. The molecule has 4 nitrogen and oxygen atoms in total. The highest BCUT2D eigenvalue weighted by molar-refractivity contribution is 5.84. The summed E-state index contributed by atoms with van der Waals surface area (Å²) in [4.78, 5) is 24.3. The van der Waals surface area contributed by atoms with Gasteiger partial charge in [-0.05, 0) is 51.5 Å². The van der Waals surface area contributed by atoms with Gasteiger partial charge in [-0.25, -0.2) is 0 Å². The minimum atomic E-state index is -0.726. The van der Waals surface area contributed by atoms with Gasteiger partial charge >= 0.3 is 5.97 Å². The average molecular weight is 347 g/mol. The highest BCUT2D eigenvalue weighted by atomic mass is 16.5. The molecule has 0 aliphatic carbocycles. The first kappa shape index (κ1) is 21.2. The molecule has 25 heavy (non-hydrogen) atoms. The van der Waals surface area contributed by atoms with Crippen molar-refractivity contribution >= 4 is 11.9 Å². The molecule has 0 radical (unpaired) electrons. The van der Waals surface area contributed by atoms with Gasteiger partial charge in [-0.2, -0.15) is 0 Å². The Hall–Kier alpha value is -1.84. The molecule has 1 aromatic rings. The fourth-order valence-electron chi connectivity index (χ4n) is 2.55. The predicted molar refractivity (Wildman–Crippen MR) is 101 cm³/mol. The summed E-state index contributed by atoms with van der Waals surface area (Å²) in [7, 11) is 0. The van der Waals surface area contributed by atoms with E-state index in [0.717, 1.165) is 25.7 Å². The van der Waals surface area contributed by atoms with Crippen molar-refractivity contribution in [1.82, 2.24) is 5.32 Å². The topological polar surface area (TPSA) is 55.4 Å². The van der Waals surface area contributed by atoms with Crippen LogP contribution in [0.25, 0.3) is 0 Å². The molecule has 0 aliphatic rings. The number of ether oxygens (including phenoxy) is 1. The van der Waals surface area contributed by atoms with E-state index < -0.39 is 6.10 Å². The van der Waals surface area contributed by atoms with Crippen molar-refractivity contribution < 1.29 is 14.3 Å². The minimum absolute atomic E-state index is 0.0515. The molecule has 0 saturated carbocycles. The van der Waals surface area contributed by atoms with E-state index in [1.165, 1.54) is 5.56 Å². The fourth-order valence-corrected chi connectivity index (χ4v) is 2.55. The van der Waals surface area contributed by atoms with E-state index in [2.05, 4.69) is 17.4 Å². The van der Waals surface area contributed by atoms with Crippen LogP contribution in [0.15, 0.2) is 30.3 Å². The number of hydrogen-bond donors (Lipinski definition) is 1. The Morgan fingerprint density at radius 1 is 1.04 bits per heavy atom. The van der Waals surface area contributed by atoms with Crippen LogP contribution in [0.4, 0.5) is 0 Å². The molecule has 1 N–H and O–H groups in total. The number of nitrogens with one attached hydrogen (secondary N) is 1. The zero-order valence-electron chi connectivity index (χ0n) is 16.3. The molecule has 0 saturated heterocycles. The number of benzene rings is 1. The van der Waals surface area contributed by atoms with Crippen molar-refractivity contribution in [2.75, 3.05) is 0 Å². The minimum Gasteiger partial charge on any atom is -0.452 e. The highest BCUT2D eigenvalue weighted by Crippen LogP contribution is 2.13. The smallest absolute Gasteiger partial charge is 0.306 e. The average Bonchev–Trinajstić information content (AvgIpc) is 2.51. The third-order valence-corrected chi connectivity index (χ3v) is 3.81. The van der Waals surface area contributed by atoms with Gasteiger partial charge in [0.2, 0.25) is 0 Å². The van der Waals surface area contributed by atoms with Gasteiger partial charge in [-0.15, -0.1) is 0 Å². The number of hydrogen-bond acceptors (Lipinski definition) is 3. The first-order valence-corrected chi connectivity index (χ1v) is 9.24. The molecular weight excluding hydrogens is 314 g/mol. The Morgan fingerprint density at radius 2 is 1.68 bits per heavy atom. The number of carbonyl (C=O) groups is 2. The van der Waals surface area contributed by atoms with Gasteiger partial charge in [0, 0.05) is 12.0 Å². The van der Waals surface area contributed by atoms with Crippen LogP contribution in [0.3, 0.4) is 0 Å². The third kappa shape index (κ3) is 9.28. The number of aryl methyl sites for hydroxylation is 1. The number of esters is 1. The van der Waals surface area contributed by atoms with E-state index in [-0.39, 0.29) is 23.3 Å². The summed E-state index contributed by atoms with van der Waals surface area (Å²) in [6, 6.07) is 10.3. The molecule has 4 heteroatoms. The quantitative estimate of drug-likeness (QED) is 0.536. The Labute approximate surface area is 152 Å². The van der Waals surface area contributed by atoms with Crippen molar-refractivity contribution in [1.29, 1.82) is 0 Å². The summed E-state index contributed by atoms with van der Waals surface area (Å²) < 4.78 is 5.43. The van der Waals surface area contributed by atoms with Gasteiger partial charge in [0.05, 0.1) is 0 Å². The normalized spacial score (nSPS) is 12.7. The van der Waals surface area contributed by atoms with Crippen LogP contribution in [0, 0.1) is 5.92 Å². The summed E-state index contributed by atoms with van der Waals surface area (Å²) in [5.41, 5.74) is 0.984. The van der Waals surface area contributed by atoms with Crippen molar-refractivity contribution in [3.8, 4) is 0 Å². The standard InChI is InChI=1S/C21H33NO3/c1-16(2)19(20(24)22-21(3,4)5)25-18(23)15-11-7-10-14-17-12-8-6-9-13-17/h6,8-9,12-13,16,19H,7,10-11,14-15H2,1-5H3,(H,22,24). The van der Waals surface area contributed by atoms with Crippen LogP contribution in [-0.2, 0) is 20.7 Å². The molecule has 1 rings (SSSR count). The maximum atomic E-state index is 12.3. The molecule has 0 aliphatic heterocycles. The highest BCUT2D eigenvalue weighted by Gasteiger charge is 2.28. The summed E-state index contributed by atoms with van der Waals surface area (Å²) in [6.45, 7) is 9.52. The molecule has 0 bridgehead atoms. The van der Waals surface area contributed by atoms with Crippen LogP contribution in [-0.4, -0.2) is 23.5 Å². The largest absolute Gasteiger partial charge is 0.452 e. The third-order valence-electron chi connectivity index (χ3n) is 3.81. The van der Waals surface area contributed by atoms with Gasteiger partial charge in [0.25, 0.3) is 5.91 Å². The van der Waals surface area contributed by atoms with Crippen molar-refractivity contribution in [3.05, 3.63) is 35.9 Å². The van der Waals surface area contributed by atoms with E-state index in [9.17, 15) is 9.59 Å². The van der Waals surface area contributed by atoms with Gasteiger partial charge in [0.1, 0.15) is 0 Å². The zero-order chi connectivity index (χ0) is 18.9. The number of amides is 1. The van der Waals surface area contributed by atoms with Crippen LogP contribution >= 0.6 is 0 Å².